The van der Waals surface area contributed by atoms with Crippen LogP contribution in [0, 0.1) is 5.41 Å². The summed E-state index contributed by atoms with van der Waals surface area (Å²) in [6.45, 7) is 8.64. The summed E-state index contributed by atoms with van der Waals surface area (Å²) < 4.78 is 5.62. The van der Waals surface area contributed by atoms with Gasteiger partial charge in [0.05, 0.1) is 12.1 Å². The van der Waals surface area contributed by atoms with Crippen LogP contribution >= 0.6 is 24.0 Å². The van der Waals surface area contributed by atoms with Gasteiger partial charge in [0, 0.05) is 32.2 Å². The first-order valence-corrected chi connectivity index (χ1v) is 5.98. The van der Waals surface area contributed by atoms with Crippen molar-refractivity contribution in [1.29, 1.82) is 0 Å². The van der Waals surface area contributed by atoms with Crippen molar-refractivity contribution in [2.45, 2.75) is 38.8 Å². The number of guanidine groups is 1. The van der Waals surface area contributed by atoms with Gasteiger partial charge in [0.1, 0.15) is 0 Å². The van der Waals surface area contributed by atoms with Gasteiger partial charge in [-0.25, -0.2) is 0 Å². The summed E-state index contributed by atoms with van der Waals surface area (Å²) in [4.78, 5) is 6.65. The molecular formula is C12H24IN3O. The third-order valence-electron chi connectivity index (χ3n) is 4.64. The van der Waals surface area contributed by atoms with Crippen LogP contribution < -0.4 is 5.32 Å². The second-order valence-electron chi connectivity index (χ2n) is 5.68. The molecule has 100 valence electrons. The highest BCUT2D eigenvalue weighted by Gasteiger charge is 2.58. The van der Waals surface area contributed by atoms with E-state index in [1.54, 1.807) is 7.11 Å². The van der Waals surface area contributed by atoms with E-state index in [2.05, 4.69) is 43.0 Å². The van der Waals surface area contributed by atoms with Crippen molar-refractivity contribution in [3.8, 4) is 0 Å². The Kier molecular flexibility index (Phi) is 4.34. The summed E-state index contributed by atoms with van der Waals surface area (Å²) >= 11 is 0. The molecule has 0 aromatic heterocycles. The van der Waals surface area contributed by atoms with Crippen molar-refractivity contribution < 1.29 is 4.74 Å². The van der Waals surface area contributed by atoms with Crippen molar-refractivity contribution in [3.05, 3.63) is 0 Å². The molecule has 1 heterocycles. The third kappa shape index (κ3) is 2.28. The number of hydrogen-bond acceptors (Lipinski definition) is 4. The smallest absolute Gasteiger partial charge is 0.194 e. The molecule has 2 atom stereocenters. The predicted octanol–water partition coefficient (Wildman–Crippen LogP) is 1.70. The molecular weight excluding hydrogens is 329 g/mol. The first-order chi connectivity index (χ1) is 7.40. The zero-order chi connectivity index (χ0) is 12.0. The van der Waals surface area contributed by atoms with Crippen LogP contribution in [0.25, 0.3) is 0 Å². The Labute approximate surface area is 121 Å². The molecule has 0 aromatic rings. The largest absolute Gasteiger partial charge is 0.378 e. The van der Waals surface area contributed by atoms with Crippen LogP contribution in [0.15, 0.2) is 4.99 Å². The van der Waals surface area contributed by atoms with E-state index < -0.39 is 0 Å². The molecule has 17 heavy (non-hydrogen) atoms. The van der Waals surface area contributed by atoms with Crippen LogP contribution in [-0.2, 0) is 4.74 Å². The van der Waals surface area contributed by atoms with Crippen molar-refractivity contribution in [1.82, 2.24) is 10.2 Å². The number of nitrogens with one attached hydrogen (secondary N) is 1. The van der Waals surface area contributed by atoms with Crippen molar-refractivity contribution >= 4 is 29.9 Å². The molecule has 2 rings (SSSR count). The fraction of sp³-hybridized carbons (Fsp3) is 0.917. The summed E-state index contributed by atoms with van der Waals surface area (Å²) in [5.41, 5.74) is 0.135. The van der Waals surface area contributed by atoms with Crippen LogP contribution in [0.3, 0.4) is 0 Å². The number of hydrogen-bond donors (Lipinski definition) is 1. The van der Waals surface area contributed by atoms with Gasteiger partial charge >= 0.3 is 0 Å². The van der Waals surface area contributed by atoms with Gasteiger partial charge < -0.3 is 15.0 Å². The molecule has 1 aliphatic heterocycles. The molecule has 1 saturated carbocycles. The lowest BCUT2D eigenvalue weighted by molar-refractivity contribution is -0.176. The van der Waals surface area contributed by atoms with Crippen molar-refractivity contribution in [3.63, 3.8) is 0 Å². The van der Waals surface area contributed by atoms with Crippen LogP contribution in [0.1, 0.15) is 27.2 Å². The molecule has 0 spiro atoms. The highest BCUT2D eigenvalue weighted by atomic mass is 127. The summed E-state index contributed by atoms with van der Waals surface area (Å²) in [6.07, 6.45) is 1.04. The standard InChI is InChI=1S/C12H23N3O.HI/c1-11(2)9(8-12(11,3)16-5)14-10-13-6-7-15(10)4;/h9H,6-8H2,1-5H3,(H,13,14);1H. The van der Waals surface area contributed by atoms with Crippen LogP contribution in [0.5, 0.6) is 0 Å². The van der Waals surface area contributed by atoms with Gasteiger partial charge in [0.25, 0.3) is 0 Å². The monoisotopic (exact) mass is 353 g/mol. The van der Waals surface area contributed by atoms with E-state index in [4.69, 9.17) is 4.74 Å². The van der Waals surface area contributed by atoms with E-state index >= 15 is 0 Å². The van der Waals surface area contributed by atoms with Crippen LogP contribution in [0.2, 0.25) is 0 Å². The number of ether oxygens (including phenoxy) is 1. The number of likely N-dealkylation sites (N-methyl/N-ethyl adjacent to an activating group) is 1. The van der Waals surface area contributed by atoms with Crippen LogP contribution in [-0.4, -0.2) is 49.7 Å². The molecule has 2 unspecified atom stereocenters. The molecule has 0 radical (unpaired) electrons. The molecule has 4 nitrogen and oxygen atoms in total. The molecule has 0 amide bonds. The maximum absolute atomic E-state index is 5.62. The second-order valence-corrected chi connectivity index (χ2v) is 5.68. The van der Waals surface area contributed by atoms with Gasteiger partial charge in [-0.2, -0.15) is 0 Å². The molecule has 5 heteroatoms. The molecule has 2 aliphatic rings. The Morgan fingerprint density at radius 2 is 2.06 bits per heavy atom. The van der Waals surface area contributed by atoms with Gasteiger partial charge in [0.15, 0.2) is 5.96 Å². The summed E-state index contributed by atoms with van der Waals surface area (Å²) in [6, 6.07) is 0.455. The number of aliphatic imine (C=N–C) groups is 1. The first kappa shape index (κ1) is 15.0. The first-order valence-electron chi connectivity index (χ1n) is 5.98. The molecule has 0 aromatic carbocycles. The van der Waals surface area contributed by atoms with E-state index in [-0.39, 0.29) is 35.0 Å². The minimum Gasteiger partial charge on any atom is -0.378 e. The van der Waals surface area contributed by atoms with Gasteiger partial charge in [-0.1, -0.05) is 13.8 Å². The number of halogens is 1. The number of methoxy groups -OCH3 is 1. The highest BCUT2D eigenvalue weighted by molar-refractivity contribution is 14.0. The minimum absolute atomic E-state index is 0. The maximum Gasteiger partial charge on any atom is 0.194 e. The van der Waals surface area contributed by atoms with Crippen molar-refractivity contribution in [2.24, 2.45) is 10.4 Å². The molecule has 0 saturated heterocycles. The quantitative estimate of drug-likeness (QED) is 0.768. The second kappa shape index (κ2) is 4.91. The third-order valence-corrected chi connectivity index (χ3v) is 4.64. The number of nitrogens with zero attached hydrogens (tertiary/aromatic N) is 2. The van der Waals surface area contributed by atoms with E-state index in [0.29, 0.717) is 6.04 Å². The minimum atomic E-state index is -0.0115. The predicted molar refractivity (Wildman–Crippen MR) is 81.1 cm³/mol. The van der Waals surface area contributed by atoms with Gasteiger partial charge in [-0.3, -0.25) is 4.99 Å². The Balaban J connectivity index is 0.00000144. The van der Waals surface area contributed by atoms with Gasteiger partial charge in [-0.15, -0.1) is 24.0 Å². The highest BCUT2D eigenvalue weighted by Crippen LogP contribution is 2.51. The van der Waals surface area contributed by atoms with E-state index in [0.717, 1.165) is 25.5 Å². The topological polar surface area (TPSA) is 36.9 Å². The Morgan fingerprint density at radius 3 is 2.47 bits per heavy atom. The fourth-order valence-corrected chi connectivity index (χ4v) is 2.57. The molecule has 1 N–H and O–H groups in total. The van der Waals surface area contributed by atoms with E-state index in [1.165, 1.54) is 0 Å². The summed E-state index contributed by atoms with van der Waals surface area (Å²) in [5, 5.41) is 3.54. The SMILES string of the molecule is COC1(C)CC(NC2=NCCN2C)C1(C)C.I. The van der Waals surface area contributed by atoms with Crippen LogP contribution in [0.4, 0.5) is 0 Å². The van der Waals surface area contributed by atoms with Crippen molar-refractivity contribution in [2.75, 3.05) is 27.2 Å². The molecule has 1 aliphatic carbocycles. The lowest BCUT2D eigenvalue weighted by Gasteiger charge is -2.59. The summed E-state index contributed by atoms with van der Waals surface area (Å²) in [5.74, 6) is 1.04. The van der Waals surface area contributed by atoms with Gasteiger partial charge in [0.2, 0.25) is 0 Å². The lowest BCUT2D eigenvalue weighted by Crippen LogP contribution is -2.69. The lowest BCUT2D eigenvalue weighted by atomic mass is 9.56. The van der Waals surface area contributed by atoms with Gasteiger partial charge in [-0.05, 0) is 13.3 Å². The summed E-state index contributed by atoms with van der Waals surface area (Å²) in [7, 11) is 3.89. The fourth-order valence-electron chi connectivity index (χ4n) is 2.57. The Morgan fingerprint density at radius 1 is 1.41 bits per heavy atom. The Bertz CT molecular complexity index is 319. The zero-order valence-electron chi connectivity index (χ0n) is 11.4. The van der Waals surface area contributed by atoms with E-state index in [1.807, 2.05) is 0 Å². The molecule has 1 fully saturated rings. The normalized spacial score (nSPS) is 34.8. The molecule has 0 bridgehead atoms. The van der Waals surface area contributed by atoms with E-state index in [9.17, 15) is 0 Å². The Hall–Kier alpha value is -0.0400. The zero-order valence-corrected chi connectivity index (χ0v) is 13.7. The average molecular weight is 353 g/mol. The maximum atomic E-state index is 5.62. The number of rotatable bonds is 2. The average Bonchev–Trinajstić information content (AvgIpc) is 2.63.